The van der Waals surface area contributed by atoms with E-state index in [-0.39, 0.29) is 0 Å². The van der Waals surface area contributed by atoms with Crippen molar-refractivity contribution in [2.75, 3.05) is 14.7 Å². The van der Waals surface area contributed by atoms with Crippen molar-refractivity contribution in [2.24, 2.45) is 0 Å². The third-order valence-electron chi connectivity index (χ3n) is 12.2. The Morgan fingerprint density at radius 2 is 0.635 bits per heavy atom. The smallest absolute Gasteiger partial charge is 0.0602 e. The van der Waals surface area contributed by atoms with Gasteiger partial charge in [0.25, 0.3) is 0 Å². The van der Waals surface area contributed by atoms with Crippen molar-refractivity contribution >= 4 is 86.5 Å². The van der Waals surface area contributed by atoms with Crippen molar-refractivity contribution in [3.05, 3.63) is 211 Å². The third kappa shape index (κ3) is 6.55. The zero-order valence-corrected chi connectivity index (χ0v) is 37.5. The number of para-hydroxylation sites is 4. The van der Waals surface area contributed by atoms with Crippen LogP contribution in [0.5, 0.6) is 0 Å². The summed E-state index contributed by atoms with van der Waals surface area (Å²) in [7, 11) is 0. The molecule has 0 amide bonds. The van der Waals surface area contributed by atoms with Gasteiger partial charge in [0.15, 0.2) is 0 Å². The molecule has 3 aliphatic heterocycles. The summed E-state index contributed by atoms with van der Waals surface area (Å²) < 4.78 is 0. The quantitative estimate of drug-likeness (QED) is 0.169. The van der Waals surface area contributed by atoms with Crippen LogP contribution in [0.2, 0.25) is 0 Å². The summed E-state index contributed by atoms with van der Waals surface area (Å²) in [6, 6.07) is 71.7. The van der Waals surface area contributed by atoms with Gasteiger partial charge in [0.2, 0.25) is 0 Å². The molecular formula is C57H41N3S3. The molecule has 0 atom stereocenters. The minimum Gasteiger partial charge on any atom is -0.308 e. The molecule has 9 aromatic rings. The first-order valence-corrected chi connectivity index (χ1v) is 23.8. The predicted molar refractivity (Wildman–Crippen MR) is 268 cm³/mol. The van der Waals surface area contributed by atoms with Gasteiger partial charge in [-0.05, 0) is 151 Å². The van der Waals surface area contributed by atoms with E-state index in [0.29, 0.717) is 0 Å². The second-order valence-corrected chi connectivity index (χ2v) is 19.6. The van der Waals surface area contributed by atoms with Crippen LogP contribution in [0.25, 0.3) is 22.3 Å². The van der Waals surface area contributed by atoms with Crippen LogP contribution in [0.1, 0.15) is 16.7 Å². The molecule has 0 fully saturated rings. The Morgan fingerprint density at radius 1 is 0.286 bits per heavy atom. The molecule has 6 heteroatoms. The Hall–Kier alpha value is -6.57. The second-order valence-electron chi connectivity index (χ2n) is 16.4. The van der Waals surface area contributed by atoms with Crippen LogP contribution in [0.4, 0.5) is 51.2 Å². The summed E-state index contributed by atoms with van der Waals surface area (Å²) >= 11 is 5.56. The van der Waals surface area contributed by atoms with E-state index in [0.717, 1.165) is 11.4 Å². The van der Waals surface area contributed by atoms with Gasteiger partial charge in [-0.25, -0.2) is 0 Å². The Kier molecular flexibility index (Phi) is 9.29. The van der Waals surface area contributed by atoms with Crippen molar-refractivity contribution in [2.45, 2.75) is 50.1 Å². The lowest BCUT2D eigenvalue weighted by Gasteiger charge is -2.36. The molecule has 3 heterocycles. The Labute approximate surface area is 382 Å². The van der Waals surface area contributed by atoms with Crippen LogP contribution >= 0.6 is 35.3 Å². The van der Waals surface area contributed by atoms with Gasteiger partial charge in [-0.15, -0.1) is 0 Å². The lowest BCUT2D eigenvalue weighted by atomic mass is 9.99. The summed E-state index contributed by atoms with van der Waals surface area (Å²) in [6.07, 6.45) is 0. The Morgan fingerprint density at radius 3 is 1.05 bits per heavy atom. The van der Waals surface area contributed by atoms with E-state index in [4.69, 9.17) is 0 Å². The number of rotatable bonds is 5. The van der Waals surface area contributed by atoms with Gasteiger partial charge in [-0.2, -0.15) is 0 Å². The van der Waals surface area contributed by atoms with Gasteiger partial charge in [-0.3, -0.25) is 0 Å². The molecule has 9 aromatic carbocycles. The van der Waals surface area contributed by atoms with E-state index in [1.165, 1.54) is 108 Å². The highest BCUT2D eigenvalue weighted by Crippen LogP contribution is 2.56. The fourth-order valence-electron chi connectivity index (χ4n) is 9.55. The van der Waals surface area contributed by atoms with Crippen LogP contribution in [0.3, 0.4) is 0 Å². The first kappa shape index (κ1) is 38.1. The molecule has 0 saturated heterocycles. The number of aryl methyl sites for hydroxylation is 3. The Bertz CT molecular complexity index is 3000. The van der Waals surface area contributed by atoms with Crippen molar-refractivity contribution in [3.8, 4) is 22.3 Å². The average molecular weight is 864 g/mol. The third-order valence-corrected chi connectivity index (χ3v) is 15.6. The van der Waals surface area contributed by atoms with Crippen LogP contribution in [0.15, 0.2) is 223 Å². The van der Waals surface area contributed by atoms with E-state index in [1.54, 1.807) is 0 Å². The van der Waals surface area contributed by atoms with Crippen LogP contribution in [0, 0.1) is 20.8 Å². The normalized spacial score (nSPS) is 13.3. The Balaban J connectivity index is 0.958. The first-order chi connectivity index (χ1) is 30.9. The number of hydrogen-bond donors (Lipinski definition) is 0. The summed E-state index contributed by atoms with van der Waals surface area (Å²) in [5.74, 6) is 0. The molecule has 0 bridgehead atoms. The van der Waals surface area contributed by atoms with Gasteiger partial charge in [0.1, 0.15) is 0 Å². The van der Waals surface area contributed by atoms with E-state index >= 15 is 0 Å². The molecular weight excluding hydrogens is 823 g/mol. The van der Waals surface area contributed by atoms with Crippen molar-refractivity contribution in [1.29, 1.82) is 0 Å². The minimum atomic E-state index is 1.15. The maximum atomic E-state index is 2.50. The van der Waals surface area contributed by atoms with E-state index in [2.05, 4.69) is 230 Å². The monoisotopic (exact) mass is 863 g/mol. The second kappa shape index (κ2) is 15.4. The van der Waals surface area contributed by atoms with Crippen molar-refractivity contribution in [3.63, 3.8) is 0 Å². The van der Waals surface area contributed by atoms with Crippen LogP contribution in [-0.4, -0.2) is 0 Å². The van der Waals surface area contributed by atoms with Crippen molar-refractivity contribution < 1.29 is 0 Å². The fraction of sp³-hybridized carbons (Fsp3) is 0.0526. The van der Waals surface area contributed by atoms with Crippen LogP contribution < -0.4 is 14.7 Å². The highest BCUT2D eigenvalue weighted by molar-refractivity contribution is 8.00. The number of hydrogen-bond acceptors (Lipinski definition) is 6. The zero-order valence-electron chi connectivity index (χ0n) is 35.0. The van der Waals surface area contributed by atoms with Gasteiger partial charge >= 0.3 is 0 Å². The number of nitrogens with zero attached hydrogens (tertiary/aromatic N) is 3. The molecule has 0 radical (unpaired) electrons. The molecule has 0 aromatic heterocycles. The van der Waals surface area contributed by atoms with Gasteiger partial charge in [-0.1, -0.05) is 138 Å². The van der Waals surface area contributed by atoms with Gasteiger partial charge in [0, 0.05) is 40.7 Å². The molecule has 0 saturated carbocycles. The maximum Gasteiger partial charge on any atom is 0.0602 e. The summed E-state index contributed by atoms with van der Waals surface area (Å²) in [4.78, 5) is 14.9. The lowest BCUT2D eigenvalue weighted by molar-refractivity contribution is 1.13. The first-order valence-electron chi connectivity index (χ1n) is 21.3. The molecule has 63 heavy (non-hydrogen) atoms. The number of anilines is 9. The minimum absolute atomic E-state index is 1.15. The molecule has 12 rings (SSSR count). The fourth-order valence-corrected chi connectivity index (χ4v) is 12.8. The van der Waals surface area contributed by atoms with E-state index in [1.807, 2.05) is 35.3 Å². The highest BCUT2D eigenvalue weighted by Gasteiger charge is 2.30. The standard InChI is InChI=1S/C57H41N3S3/c1-36-30-37(2)57(38(3)31-36)60-49-28-26-41(39-14-12-16-43(32-39)58-45-18-4-8-22-51(45)61-52-23-9-5-19-46(52)58)34-55(49)63-56-35-42(27-29-50(56)60)40-15-13-17-44(33-40)59-47-20-6-10-24-53(47)62-54-25-11-7-21-48(54)59/h4-35H,1-3H3. The summed E-state index contributed by atoms with van der Waals surface area (Å²) in [5, 5.41) is 0. The van der Waals surface area contributed by atoms with E-state index < -0.39 is 0 Å². The molecule has 0 unspecified atom stereocenters. The lowest BCUT2D eigenvalue weighted by Crippen LogP contribution is -2.17. The number of benzene rings is 9. The predicted octanol–water partition coefficient (Wildman–Crippen LogP) is 17.7. The van der Waals surface area contributed by atoms with Gasteiger partial charge in [0.05, 0.1) is 39.8 Å². The molecule has 0 N–H and O–H groups in total. The average Bonchev–Trinajstić information content (AvgIpc) is 3.31. The topological polar surface area (TPSA) is 9.72 Å². The molecule has 0 aliphatic carbocycles. The van der Waals surface area contributed by atoms with E-state index in [9.17, 15) is 0 Å². The SMILES string of the molecule is Cc1cc(C)c(N2c3ccc(-c4cccc(N5c6ccccc6Sc6ccccc65)c4)cc3Sc3cc(-c4cccc(N5c6ccccc6Sc6ccccc65)c4)ccc32)c(C)c1. The largest absolute Gasteiger partial charge is 0.308 e. The zero-order chi connectivity index (χ0) is 42.2. The highest BCUT2D eigenvalue weighted by atomic mass is 32.2. The summed E-state index contributed by atoms with van der Waals surface area (Å²) in [5.41, 5.74) is 19.4. The van der Waals surface area contributed by atoms with Crippen molar-refractivity contribution in [1.82, 2.24) is 0 Å². The molecule has 302 valence electrons. The molecule has 0 spiro atoms. The molecule has 3 nitrogen and oxygen atoms in total. The number of fused-ring (bicyclic) bond motifs is 6. The molecule has 3 aliphatic rings. The summed E-state index contributed by atoms with van der Waals surface area (Å²) in [6.45, 7) is 6.69. The van der Waals surface area contributed by atoms with Crippen LogP contribution in [-0.2, 0) is 0 Å². The van der Waals surface area contributed by atoms with Gasteiger partial charge < -0.3 is 14.7 Å². The maximum absolute atomic E-state index is 2.50.